The molecular formula is C15H18FNO3. The number of ether oxygens (including phenoxy) is 1. The molecule has 0 saturated carbocycles. The van der Waals surface area contributed by atoms with Crippen molar-refractivity contribution in [3.63, 3.8) is 0 Å². The van der Waals surface area contributed by atoms with E-state index in [2.05, 4.69) is 11.7 Å². The molecule has 20 heavy (non-hydrogen) atoms. The number of aliphatic imine (C=N–C) groups is 1. The maximum Gasteiger partial charge on any atom is 0.329 e. The summed E-state index contributed by atoms with van der Waals surface area (Å²) in [4.78, 5) is 15.2. The van der Waals surface area contributed by atoms with Crippen LogP contribution in [0.15, 0.2) is 29.3 Å². The van der Waals surface area contributed by atoms with Crippen molar-refractivity contribution in [2.24, 2.45) is 10.9 Å². The smallest absolute Gasteiger partial charge is 0.329 e. The van der Waals surface area contributed by atoms with Crippen molar-refractivity contribution in [1.82, 2.24) is 0 Å². The zero-order valence-corrected chi connectivity index (χ0v) is 11.2. The molecule has 5 heteroatoms. The quantitative estimate of drug-likeness (QED) is 0.842. The van der Waals surface area contributed by atoms with Gasteiger partial charge in [-0.2, -0.15) is 0 Å². The zero-order chi connectivity index (χ0) is 14.5. The molecule has 1 fully saturated rings. The molecule has 0 unspecified atom stereocenters. The molecule has 0 amide bonds. The van der Waals surface area contributed by atoms with Crippen LogP contribution in [-0.4, -0.2) is 37.0 Å². The number of carboxylic acid groups (broad SMARTS) is 1. The van der Waals surface area contributed by atoms with E-state index >= 15 is 0 Å². The van der Waals surface area contributed by atoms with Gasteiger partial charge in [0, 0.05) is 19.1 Å². The second kappa shape index (κ2) is 6.61. The minimum atomic E-state index is -0.999. The third kappa shape index (κ3) is 3.22. The van der Waals surface area contributed by atoms with Crippen LogP contribution in [0.1, 0.15) is 24.3 Å². The van der Waals surface area contributed by atoms with Gasteiger partial charge in [0.25, 0.3) is 0 Å². The lowest BCUT2D eigenvalue weighted by Gasteiger charge is -2.32. The molecule has 1 heterocycles. The summed E-state index contributed by atoms with van der Waals surface area (Å²) in [7, 11) is 0. The number of halogens is 1. The van der Waals surface area contributed by atoms with E-state index in [1.165, 1.54) is 12.1 Å². The van der Waals surface area contributed by atoms with Crippen LogP contribution in [0.3, 0.4) is 0 Å². The highest BCUT2D eigenvalue weighted by Crippen LogP contribution is 2.36. The van der Waals surface area contributed by atoms with E-state index in [1.54, 1.807) is 12.1 Å². The summed E-state index contributed by atoms with van der Waals surface area (Å²) in [6.45, 7) is 4.64. The van der Waals surface area contributed by atoms with E-state index < -0.39 is 12.0 Å². The van der Waals surface area contributed by atoms with Crippen LogP contribution in [0.25, 0.3) is 0 Å². The third-order valence-corrected chi connectivity index (χ3v) is 3.82. The van der Waals surface area contributed by atoms with Crippen molar-refractivity contribution in [2.75, 3.05) is 13.2 Å². The van der Waals surface area contributed by atoms with Crippen LogP contribution < -0.4 is 0 Å². The van der Waals surface area contributed by atoms with Gasteiger partial charge in [0.15, 0.2) is 6.04 Å². The average molecular weight is 279 g/mol. The van der Waals surface area contributed by atoms with E-state index in [4.69, 9.17) is 4.74 Å². The molecular weight excluding hydrogens is 261 g/mol. The van der Waals surface area contributed by atoms with Crippen molar-refractivity contribution in [2.45, 2.75) is 24.8 Å². The Morgan fingerprint density at radius 1 is 1.35 bits per heavy atom. The molecule has 1 aliphatic heterocycles. The van der Waals surface area contributed by atoms with Gasteiger partial charge in [0.1, 0.15) is 5.82 Å². The van der Waals surface area contributed by atoms with E-state index in [9.17, 15) is 14.3 Å². The summed E-state index contributed by atoms with van der Waals surface area (Å²) in [5.41, 5.74) is 0.790. The Labute approximate surface area is 117 Å². The summed E-state index contributed by atoms with van der Waals surface area (Å²) in [6, 6.07) is 5.06. The predicted octanol–water partition coefficient (Wildman–Crippen LogP) is 2.49. The van der Waals surface area contributed by atoms with Gasteiger partial charge in [-0.25, -0.2) is 9.18 Å². The first-order chi connectivity index (χ1) is 9.63. The Bertz CT molecular complexity index is 469. The van der Waals surface area contributed by atoms with Crippen LogP contribution in [0.5, 0.6) is 0 Å². The van der Waals surface area contributed by atoms with Crippen LogP contribution in [0, 0.1) is 11.7 Å². The standard InChI is InChI=1S/C15H18FNO3/c1-17-14(15(18)19)13(11-6-8-20-9-7-11)10-2-4-12(16)5-3-10/h2-5,11,13-14H,1,6-9H2,(H,18,19)/t13-,14-/m0/s1. The molecule has 108 valence electrons. The minimum absolute atomic E-state index is 0.154. The highest BCUT2D eigenvalue weighted by molar-refractivity contribution is 5.76. The summed E-state index contributed by atoms with van der Waals surface area (Å²) in [6.07, 6.45) is 1.56. The molecule has 1 N–H and O–H groups in total. The Balaban J connectivity index is 2.33. The lowest BCUT2D eigenvalue weighted by molar-refractivity contribution is -0.139. The monoisotopic (exact) mass is 279 g/mol. The highest BCUT2D eigenvalue weighted by Gasteiger charge is 2.35. The molecule has 1 aliphatic rings. The van der Waals surface area contributed by atoms with Crippen molar-refractivity contribution in [3.05, 3.63) is 35.6 Å². The van der Waals surface area contributed by atoms with E-state index in [0.717, 1.165) is 18.4 Å². The van der Waals surface area contributed by atoms with Crippen molar-refractivity contribution in [3.8, 4) is 0 Å². The van der Waals surface area contributed by atoms with Gasteiger partial charge in [-0.1, -0.05) is 12.1 Å². The van der Waals surface area contributed by atoms with Crippen molar-refractivity contribution >= 4 is 12.7 Å². The number of aliphatic carboxylic acids is 1. The Morgan fingerprint density at radius 3 is 2.45 bits per heavy atom. The molecule has 1 saturated heterocycles. The molecule has 1 aromatic rings. The summed E-state index contributed by atoms with van der Waals surface area (Å²) in [5, 5.41) is 9.35. The van der Waals surface area contributed by atoms with Crippen LogP contribution in [0.4, 0.5) is 4.39 Å². The SMILES string of the molecule is C=N[C@H](C(=O)O)[C@@H](c1ccc(F)cc1)C1CCOCC1. The maximum absolute atomic E-state index is 13.1. The molecule has 2 rings (SSSR count). The number of hydrogen-bond donors (Lipinski definition) is 1. The first-order valence-electron chi connectivity index (χ1n) is 6.65. The molecule has 4 nitrogen and oxygen atoms in total. The number of rotatable bonds is 5. The zero-order valence-electron chi connectivity index (χ0n) is 11.2. The number of benzene rings is 1. The summed E-state index contributed by atoms with van der Waals surface area (Å²) < 4.78 is 18.4. The van der Waals surface area contributed by atoms with Gasteiger partial charge in [-0.3, -0.25) is 4.99 Å². The number of hydrogen-bond acceptors (Lipinski definition) is 3. The molecule has 0 spiro atoms. The number of carboxylic acids is 1. The first-order valence-corrected chi connectivity index (χ1v) is 6.65. The molecule has 0 aliphatic carbocycles. The summed E-state index contributed by atoms with van der Waals surface area (Å²) >= 11 is 0. The third-order valence-electron chi connectivity index (χ3n) is 3.82. The first kappa shape index (κ1) is 14.7. The summed E-state index contributed by atoms with van der Waals surface area (Å²) in [5.74, 6) is -1.48. The fourth-order valence-corrected chi connectivity index (χ4v) is 2.82. The number of nitrogens with zero attached hydrogens (tertiary/aromatic N) is 1. The Kier molecular flexibility index (Phi) is 4.84. The van der Waals surface area contributed by atoms with Gasteiger partial charge in [0.2, 0.25) is 0 Å². The second-order valence-corrected chi connectivity index (χ2v) is 4.99. The van der Waals surface area contributed by atoms with Crippen molar-refractivity contribution in [1.29, 1.82) is 0 Å². The minimum Gasteiger partial charge on any atom is -0.480 e. The van der Waals surface area contributed by atoms with Crippen LogP contribution in [0.2, 0.25) is 0 Å². The topological polar surface area (TPSA) is 58.9 Å². The van der Waals surface area contributed by atoms with Gasteiger partial charge in [-0.05, 0) is 43.2 Å². The fraction of sp³-hybridized carbons (Fsp3) is 0.467. The van der Waals surface area contributed by atoms with Gasteiger partial charge in [-0.15, -0.1) is 0 Å². The molecule has 0 aromatic heterocycles. The average Bonchev–Trinajstić information content (AvgIpc) is 2.46. The van der Waals surface area contributed by atoms with E-state index in [0.29, 0.717) is 13.2 Å². The number of carbonyl (C=O) groups is 1. The predicted molar refractivity (Wildman–Crippen MR) is 73.7 cm³/mol. The Hall–Kier alpha value is -1.75. The van der Waals surface area contributed by atoms with E-state index in [1.807, 2.05) is 0 Å². The molecule has 0 radical (unpaired) electrons. The maximum atomic E-state index is 13.1. The molecule has 0 bridgehead atoms. The van der Waals surface area contributed by atoms with Crippen molar-refractivity contribution < 1.29 is 19.0 Å². The van der Waals surface area contributed by atoms with Crippen LogP contribution >= 0.6 is 0 Å². The second-order valence-electron chi connectivity index (χ2n) is 4.99. The molecule has 1 aromatic carbocycles. The van der Waals surface area contributed by atoms with Gasteiger partial charge < -0.3 is 9.84 Å². The largest absolute Gasteiger partial charge is 0.480 e. The van der Waals surface area contributed by atoms with Gasteiger partial charge >= 0.3 is 5.97 Å². The van der Waals surface area contributed by atoms with E-state index in [-0.39, 0.29) is 17.7 Å². The highest BCUT2D eigenvalue weighted by atomic mass is 19.1. The van der Waals surface area contributed by atoms with Crippen LogP contribution in [-0.2, 0) is 9.53 Å². The molecule has 2 atom stereocenters. The van der Waals surface area contributed by atoms with Gasteiger partial charge in [0.05, 0.1) is 0 Å². The lowest BCUT2D eigenvalue weighted by atomic mass is 9.77. The Morgan fingerprint density at radius 2 is 1.95 bits per heavy atom. The lowest BCUT2D eigenvalue weighted by Crippen LogP contribution is -2.34. The fourth-order valence-electron chi connectivity index (χ4n) is 2.82. The normalized spacial score (nSPS) is 19.2.